The molecular weight excluding hydrogens is 224 g/mol. The minimum absolute atomic E-state index is 0.302. The number of hydrogen-bond donors (Lipinski definition) is 1. The highest BCUT2D eigenvalue weighted by molar-refractivity contribution is 5.30. The van der Waals surface area contributed by atoms with Gasteiger partial charge in [-0.2, -0.15) is 0 Å². The Hall–Kier alpha value is -1.81. The molecule has 2 nitrogen and oxygen atoms in total. The summed E-state index contributed by atoms with van der Waals surface area (Å²) >= 11 is 0. The maximum atomic E-state index is 13.0. The van der Waals surface area contributed by atoms with Gasteiger partial charge in [0.15, 0.2) is 11.6 Å². The smallest absolute Gasteiger partial charge is 0.159 e. The fourth-order valence-corrected chi connectivity index (χ4v) is 1.60. The molecule has 1 aromatic heterocycles. The number of rotatable bonds is 2. The molecule has 0 saturated carbocycles. The third-order valence-corrected chi connectivity index (χ3v) is 2.47. The van der Waals surface area contributed by atoms with E-state index in [0.29, 0.717) is 11.1 Å². The molecule has 1 atom stereocenters. The predicted octanol–water partition coefficient (Wildman–Crippen LogP) is 2.75. The molecule has 4 heteroatoms. The van der Waals surface area contributed by atoms with E-state index in [1.807, 2.05) is 6.92 Å². The van der Waals surface area contributed by atoms with E-state index in [-0.39, 0.29) is 0 Å². The van der Waals surface area contributed by atoms with Crippen LogP contribution in [0.4, 0.5) is 8.78 Å². The van der Waals surface area contributed by atoms with Crippen LogP contribution < -0.4 is 0 Å². The Morgan fingerprint density at radius 3 is 2.47 bits per heavy atom. The van der Waals surface area contributed by atoms with Crippen molar-refractivity contribution in [1.29, 1.82) is 0 Å². The van der Waals surface area contributed by atoms with E-state index in [1.54, 1.807) is 12.3 Å². The molecule has 0 saturated heterocycles. The number of benzene rings is 1. The van der Waals surface area contributed by atoms with Crippen LogP contribution in [0.15, 0.2) is 36.7 Å². The Labute approximate surface area is 97.6 Å². The first-order valence-electron chi connectivity index (χ1n) is 5.12. The van der Waals surface area contributed by atoms with Crippen molar-refractivity contribution in [2.75, 3.05) is 0 Å². The lowest BCUT2D eigenvalue weighted by Gasteiger charge is -2.11. The highest BCUT2D eigenvalue weighted by atomic mass is 19.2. The van der Waals surface area contributed by atoms with Crippen LogP contribution in [-0.2, 0) is 0 Å². The summed E-state index contributed by atoms with van der Waals surface area (Å²) in [5.41, 5.74) is 1.75. The molecule has 0 aliphatic heterocycles. The second-order valence-electron chi connectivity index (χ2n) is 3.87. The lowest BCUT2D eigenvalue weighted by Crippen LogP contribution is -2.02. The van der Waals surface area contributed by atoms with Crippen LogP contribution in [0.1, 0.15) is 22.8 Å². The average molecular weight is 235 g/mol. The van der Waals surface area contributed by atoms with E-state index in [2.05, 4.69) is 4.98 Å². The lowest BCUT2D eigenvalue weighted by atomic mass is 10.0. The summed E-state index contributed by atoms with van der Waals surface area (Å²) in [7, 11) is 0. The SMILES string of the molecule is Cc1cncc(C(O)c2ccc(F)c(F)c2)c1. The van der Waals surface area contributed by atoms with Crippen LogP contribution in [0.3, 0.4) is 0 Å². The number of aliphatic hydroxyl groups is 1. The van der Waals surface area contributed by atoms with E-state index in [1.165, 1.54) is 12.3 Å². The highest BCUT2D eigenvalue weighted by Gasteiger charge is 2.13. The molecule has 2 rings (SSSR count). The van der Waals surface area contributed by atoms with Crippen molar-refractivity contribution < 1.29 is 13.9 Å². The predicted molar refractivity (Wildman–Crippen MR) is 59.4 cm³/mol. The summed E-state index contributed by atoms with van der Waals surface area (Å²) in [6.45, 7) is 1.84. The fraction of sp³-hybridized carbons (Fsp3) is 0.154. The third kappa shape index (κ3) is 2.47. The minimum Gasteiger partial charge on any atom is -0.384 e. The molecule has 1 heterocycles. The largest absolute Gasteiger partial charge is 0.384 e. The van der Waals surface area contributed by atoms with Gasteiger partial charge in [-0.3, -0.25) is 4.98 Å². The Morgan fingerprint density at radius 1 is 1.06 bits per heavy atom. The maximum Gasteiger partial charge on any atom is 0.159 e. The third-order valence-electron chi connectivity index (χ3n) is 2.47. The average Bonchev–Trinajstić information content (AvgIpc) is 2.32. The van der Waals surface area contributed by atoms with Gasteiger partial charge in [-0.05, 0) is 30.2 Å². The van der Waals surface area contributed by atoms with Crippen LogP contribution in [0, 0.1) is 18.6 Å². The van der Waals surface area contributed by atoms with Gasteiger partial charge in [-0.1, -0.05) is 12.1 Å². The van der Waals surface area contributed by atoms with Crippen LogP contribution in [0.2, 0.25) is 0 Å². The van der Waals surface area contributed by atoms with Gasteiger partial charge in [0.2, 0.25) is 0 Å². The standard InChI is InChI=1S/C13H11F2NO/c1-8-4-10(7-16-6-8)13(17)9-2-3-11(14)12(15)5-9/h2-7,13,17H,1H3. The van der Waals surface area contributed by atoms with Crippen LogP contribution >= 0.6 is 0 Å². The first kappa shape index (κ1) is 11.7. The number of aliphatic hydroxyl groups excluding tert-OH is 1. The Balaban J connectivity index is 2.36. The topological polar surface area (TPSA) is 33.1 Å². The van der Waals surface area contributed by atoms with Crippen molar-refractivity contribution in [1.82, 2.24) is 4.98 Å². The Kier molecular flexibility index (Phi) is 3.15. The summed E-state index contributed by atoms with van der Waals surface area (Å²) in [6, 6.07) is 5.09. The molecule has 88 valence electrons. The van der Waals surface area contributed by atoms with Gasteiger partial charge >= 0.3 is 0 Å². The summed E-state index contributed by atoms with van der Waals surface area (Å²) in [5, 5.41) is 10.0. The zero-order valence-corrected chi connectivity index (χ0v) is 9.19. The van der Waals surface area contributed by atoms with E-state index in [9.17, 15) is 13.9 Å². The zero-order valence-electron chi connectivity index (χ0n) is 9.19. The van der Waals surface area contributed by atoms with Crippen LogP contribution in [0.25, 0.3) is 0 Å². The van der Waals surface area contributed by atoms with E-state index in [4.69, 9.17) is 0 Å². The fourth-order valence-electron chi connectivity index (χ4n) is 1.60. The van der Waals surface area contributed by atoms with Gasteiger partial charge in [-0.15, -0.1) is 0 Å². The second kappa shape index (κ2) is 4.59. The maximum absolute atomic E-state index is 13.0. The first-order chi connectivity index (χ1) is 8.08. The van der Waals surface area contributed by atoms with E-state index < -0.39 is 17.7 Å². The van der Waals surface area contributed by atoms with Gasteiger partial charge in [0.25, 0.3) is 0 Å². The van der Waals surface area contributed by atoms with Gasteiger partial charge in [-0.25, -0.2) is 8.78 Å². The Morgan fingerprint density at radius 2 is 1.82 bits per heavy atom. The molecule has 0 bridgehead atoms. The number of hydrogen-bond acceptors (Lipinski definition) is 2. The van der Waals surface area contributed by atoms with Gasteiger partial charge in [0, 0.05) is 18.0 Å². The van der Waals surface area contributed by atoms with Gasteiger partial charge < -0.3 is 5.11 Å². The molecular formula is C13H11F2NO. The molecule has 0 aliphatic carbocycles. The van der Waals surface area contributed by atoms with E-state index in [0.717, 1.165) is 17.7 Å². The molecule has 1 aromatic carbocycles. The lowest BCUT2D eigenvalue weighted by molar-refractivity contribution is 0.219. The molecule has 0 spiro atoms. The normalized spacial score (nSPS) is 12.5. The van der Waals surface area contributed by atoms with Crippen molar-refractivity contribution in [3.8, 4) is 0 Å². The molecule has 1 N–H and O–H groups in total. The summed E-state index contributed by atoms with van der Waals surface area (Å²) in [5.74, 6) is -1.90. The van der Waals surface area contributed by atoms with Gasteiger partial charge in [0.05, 0.1) is 0 Å². The number of pyridine rings is 1. The number of aromatic nitrogens is 1. The minimum atomic E-state index is -1.00. The van der Waals surface area contributed by atoms with Crippen LogP contribution in [-0.4, -0.2) is 10.1 Å². The summed E-state index contributed by atoms with van der Waals surface area (Å²) in [6.07, 6.45) is 2.15. The number of nitrogens with zero attached hydrogens (tertiary/aromatic N) is 1. The van der Waals surface area contributed by atoms with Gasteiger partial charge in [0.1, 0.15) is 6.10 Å². The van der Waals surface area contributed by atoms with Crippen molar-refractivity contribution in [3.05, 3.63) is 65.0 Å². The van der Waals surface area contributed by atoms with Crippen LogP contribution in [0.5, 0.6) is 0 Å². The summed E-state index contributed by atoms with van der Waals surface area (Å²) in [4.78, 5) is 3.94. The summed E-state index contributed by atoms with van der Waals surface area (Å²) < 4.78 is 25.8. The second-order valence-corrected chi connectivity index (χ2v) is 3.87. The number of halogens is 2. The highest BCUT2D eigenvalue weighted by Crippen LogP contribution is 2.23. The number of aryl methyl sites for hydroxylation is 1. The molecule has 2 aromatic rings. The molecule has 0 radical (unpaired) electrons. The Bertz CT molecular complexity index is 543. The quantitative estimate of drug-likeness (QED) is 0.868. The molecule has 17 heavy (non-hydrogen) atoms. The first-order valence-corrected chi connectivity index (χ1v) is 5.12. The molecule has 1 unspecified atom stereocenters. The van der Waals surface area contributed by atoms with Crippen molar-refractivity contribution in [2.24, 2.45) is 0 Å². The van der Waals surface area contributed by atoms with E-state index >= 15 is 0 Å². The molecule has 0 fully saturated rings. The zero-order chi connectivity index (χ0) is 12.4. The van der Waals surface area contributed by atoms with Crippen molar-refractivity contribution >= 4 is 0 Å². The van der Waals surface area contributed by atoms with Crippen molar-refractivity contribution in [3.63, 3.8) is 0 Å². The van der Waals surface area contributed by atoms with Crippen molar-refractivity contribution in [2.45, 2.75) is 13.0 Å². The molecule has 0 amide bonds. The monoisotopic (exact) mass is 235 g/mol. The molecule has 0 aliphatic rings.